The van der Waals surface area contributed by atoms with Gasteiger partial charge >= 0.3 is 0 Å². The van der Waals surface area contributed by atoms with E-state index in [1.54, 1.807) is 19.2 Å². The molecule has 152 valence electrons. The zero-order chi connectivity index (χ0) is 20.1. The molecular weight excluding hydrogens is 382 g/mol. The van der Waals surface area contributed by atoms with Crippen LogP contribution < -0.4 is 29.8 Å². The minimum atomic E-state index is -3.78. The molecule has 0 aliphatic carbocycles. The lowest BCUT2D eigenvalue weighted by Crippen LogP contribution is -2.33. The lowest BCUT2D eigenvalue weighted by atomic mass is 9.95. The first kappa shape index (κ1) is 20.4. The molecule has 1 aliphatic rings. The Hall–Kier alpha value is -2.33. The van der Waals surface area contributed by atoms with E-state index >= 15 is 0 Å². The second kappa shape index (κ2) is 8.78. The first-order chi connectivity index (χ1) is 13.5. The number of rotatable bonds is 8. The minimum absolute atomic E-state index is 0.0125. The first-order valence-corrected chi connectivity index (χ1v) is 10.3. The Kier molecular flexibility index (Phi) is 6.40. The summed E-state index contributed by atoms with van der Waals surface area (Å²) >= 11 is 0. The van der Waals surface area contributed by atoms with Gasteiger partial charge in [0.2, 0.25) is 10.0 Å². The molecule has 2 unspecified atom stereocenters. The van der Waals surface area contributed by atoms with E-state index in [1.807, 2.05) is 24.3 Å². The van der Waals surface area contributed by atoms with Crippen LogP contribution in [-0.2, 0) is 10.0 Å². The van der Waals surface area contributed by atoms with Crippen molar-refractivity contribution in [2.45, 2.75) is 10.9 Å². The predicted octanol–water partition coefficient (Wildman–Crippen LogP) is 1.46. The standard InChI is InChI=1S/C19H25N3O5S/c1-25-15-6-4-5-13(9-15)19-14(11-20-22-19)12-21-28(23,24)18-10-16(26-2)7-8-17(18)27-3/h4-10,14,19-22H,11-12H2,1-3H3. The van der Waals surface area contributed by atoms with Crippen molar-refractivity contribution in [3.63, 3.8) is 0 Å². The van der Waals surface area contributed by atoms with E-state index in [0.29, 0.717) is 12.3 Å². The number of benzene rings is 2. The van der Waals surface area contributed by atoms with Crippen LogP contribution in [0.5, 0.6) is 17.2 Å². The monoisotopic (exact) mass is 407 g/mol. The number of hydrogen-bond acceptors (Lipinski definition) is 7. The van der Waals surface area contributed by atoms with E-state index in [-0.39, 0.29) is 29.1 Å². The van der Waals surface area contributed by atoms with Crippen molar-refractivity contribution in [3.05, 3.63) is 48.0 Å². The van der Waals surface area contributed by atoms with Crippen LogP contribution in [0, 0.1) is 5.92 Å². The topological polar surface area (TPSA) is 97.9 Å². The average Bonchev–Trinajstić information content (AvgIpc) is 3.20. The Balaban J connectivity index is 1.77. The molecule has 0 radical (unpaired) electrons. The minimum Gasteiger partial charge on any atom is -0.497 e. The number of hydrazine groups is 1. The second-order valence-electron chi connectivity index (χ2n) is 6.41. The highest BCUT2D eigenvalue weighted by Gasteiger charge is 2.30. The Morgan fingerprint density at radius 2 is 1.79 bits per heavy atom. The highest BCUT2D eigenvalue weighted by molar-refractivity contribution is 7.89. The van der Waals surface area contributed by atoms with Crippen molar-refractivity contribution in [1.29, 1.82) is 0 Å². The molecule has 1 fully saturated rings. The van der Waals surface area contributed by atoms with Gasteiger partial charge in [-0.05, 0) is 29.8 Å². The number of ether oxygens (including phenoxy) is 3. The summed E-state index contributed by atoms with van der Waals surface area (Å²) < 4.78 is 44.1. The first-order valence-electron chi connectivity index (χ1n) is 8.82. The van der Waals surface area contributed by atoms with Gasteiger partial charge in [-0.15, -0.1) is 0 Å². The molecule has 2 atom stereocenters. The van der Waals surface area contributed by atoms with Gasteiger partial charge in [0, 0.05) is 25.1 Å². The van der Waals surface area contributed by atoms with Gasteiger partial charge in [-0.1, -0.05) is 12.1 Å². The van der Waals surface area contributed by atoms with E-state index in [9.17, 15) is 8.42 Å². The molecular formula is C19H25N3O5S. The molecule has 3 N–H and O–H groups in total. The molecule has 1 saturated heterocycles. The van der Waals surface area contributed by atoms with Crippen molar-refractivity contribution < 1.29 is 22.6 Å². The Bertz CT molecular complexity index is 920. The van der Waals surface area contributed by atoms with Crippen LogP contribution in [0.2, 0.25) is 0 Å². The molecule has 0 saturated carbocycles. The Labute approximate surface area is 165 Å². The SMILES string of the molecule is COc1cccc(C2NNCC2CNS(=O)(=O)c2cc(OC)ccc2OC)c1. The molecule has 28 heavy (non-hydrogen) atoms. The summed E-state index contributed by atoms with van der Waals surface area (Å²) in [5, 5.41) is 0. The summed E-state index contributed by atoms with van der Waals surface area (Å²) in [6.45, 7) is 0.879. The van der Waals surface area contributed by atoms with Gasteiger partial charge in [0.25, 0.3) is 0 Å². The van der Waals surface area contributed by atoms with Crippen molar-refractivity contribution in [3.8, 4) is 17.2 Å². The van der Waals surface area contributed by atoms with Gasteiger partial charge < -0.3 is 14.2 Å². The fourth-order valence-electron chi connectivity index (χ4n) is 3.20. The van der Waals surface area contributed by atoms with Crippen molar-refractivity contribution in [2.24, 2.45) is 5.92 Å². The molecule has 2 aromatic carbocycles. The van der Waals surface area contributed by atoms with Crippen molar-refractivity contribution in [1.82, 2.24) is 15.6 Å². The third-order valence-corrected chi connectivity index (χ3v) is 6.19. The molecule has 3 rings (SSSR count). The van der Waals surface area contributed by atoms with Crippen LogP contribution in [-0.4, -0.2) is 42.8 Å². The Morgan fingerprint density at radius 1 is 1.04 bits per heavy atom. The van der Waals surface area contributed by atoms with E-state index in [4.69, 9.17) is 14.2 Å². The number of sulfonamides is 1. The number of methoxy groups -OCH3 is 3. The van der Waals surface area contributed by atoms with Crippen molar-refractivity contribution in [2.75, 3.05) is 34.4 Å². The van der Waals surface area contributed by atoms with Gasteiger partial charge in [0.15, 0.2) is 0 Å². The molecule has 9 heteroatoms. The zero-order valence-electron chi connectivity index (χ0n) is 16.1. The molecule has 0 bridgehead atoms. The summed E-state index contributed by atoms with van der Waals surface area (Å²) in [4.78, 5) is 0.0474. The quantitative estimate of drug-likeness (QED) is 0.609. The maximum atomic E-state index is 12.9. The van der Waals surface area contributed by atoms with Crippen LogP contribution in [0.3, 0.4) is 0 Å². The summed E-state index contributed by atoms with van der Waals surface area (Å²) in [5.41, 5.74) is 7.33. The Morgan fingerprint density at radius 3 is 2.50 bits per heavy atom. The number of hydrogen-bond donors (Lipinski definition) is 3. The average molecular weight is 407 g/mol. The molecule has 8 nitrogen and oxygen atoms in total. The highest BCUT2D eigenvalue weighted by Crippen LogP contribution is 2.30. The van der Waals surface area contributed by atoms with E-state index in [1.165, 1.54) is 20.3 Å². The van der Waals surface area contributed by atoms with Crippen LogP contribution >= 0.6 is 0 Å². The normalized spacial score (nSPS) is 19.4. The summed E-state index contributed by atoms with van der Waals surface area (Å²) in [5.74, 6) is 1.48. The van der Waals surface area contributed by atoms with E-state index < -0.39 is 10.0 Å². The summed E-state index contributed by atoms with van der Waals surface area (Å²) in [6, 6.07) is 12.3. The fraction of sp³-hybridized carbons (Fsp3) is 0.368. The maximum Gasteiger partial charge on any atom is 0.244 e. The molecule has 0 amide bonds. The van der Waals surface area contributed by atoms with Crippen LogP contribution in [0.15, 0.2) is 47.4 Å². The second-order valence-corrected chi connectivity index (χ2v) is 8.14. The maximum absolute atomic E-state index is 12.9. The van der Waals surface area contributed by atoms with Crippen LogP contribution in [0.25, 0.3) is 0 Å². The highest BCUT2D eigenvalue weighted by atomic mass is 32.2. The largest absolute Gasteiger partial charge is 0.497 e. The summed E-state index contributed by atoms with van der Waals surface area (Å²) in [6.07, 6.45) is 0. The van der Waals surface area contributed by atoms with E-state index in [2.05, 4.69) is 15.6 Å². The zero-order valence-corrected chi connectivity index (χ0v) is 16.9. The third kappa shape index (κ3) is 4.39. The predicted molar refractivity (Wildman–Crippen MR) is 105 cm³/mol. The van der Waals surface area contributed by atoms with Gasteiger partial charge in [0.1, 0.15) is 22.1 Å². The van der Waals surface area contributed by atoms with Gasteiger partial charge in [0.05, 0.1) is 27.4 Å². The van der Waals surface area contributed by atoms with Gasteiger partial charge in [-0.2, -0.15) is 0 Å². The molecule has 1 heterocycles. The van der Waals surface area contributed by atoms with Crippen LogP contribution in [0.4, 0.5) is 0 Å². The van der Waals surface area contributed by atoms with Crippen molar-refractivity contribution >= 4 is 10.0 Å². The number of nitrogens with one attached hydrogen (secondary N) is 3. The molecule has 2 aromatic rings. The fourth-order valence-corrected chi connectivity index (χ4v) is 4.48. The lowest BCUT2D eigenvalue weighted by molar-refractivity contribution is 0.391. The lowest BCUT2D eigenvalue weighted by Gasteiger charge is -2.20. The van der Waals surface area contributed by atoms with Gasteiger partial charge in [-0.3, -0.25) is 5.43 Å². The molecule has 1 aliphatic heterocycles. The molecule has 0 aromatic heterocycles. The van der Waals surface area contributed by atoms with E-state index in [0.717, 1.165) is 11.3 Å². The molecule has 0 spiro atoms. The van der Waals surface area contributed by atoms with Crippen LogP contribution in [0.1, 0.15) is 11.6 Å². The summed E-state index contributed by atoms with van der Waals surface area (Å²) in [7, 11) is 0.762. The smallest absolute Gasteiger partial charge is 0.244 e. The third-order valence-electron chi connectivity index (χ3n) is 4.74. The van der Waals surface area contributed by atoms with Gasteiger partial charge in [-0.25, -0.2) is 18.6 Å².